The number of hydrogen-bond donors (Lipinski definition) is 2. The Hall–Kier alpha value is -2.62. The predicted octanol–water partition coefficient (Wildman–Crippen LogP) is 1.73. The quantitative estimate of drug-likeness (QED) is 0.635. The van der Waals surface area contributed by atoms with Gasteiger partial charge in [-0.2, -0.15) is 0 Å². The fourth-order valence-electron chi connectivity index (χ4n) is 1.74. The molecule has 2 N–H and O–H groups in total. The van der Waals surface area contributed by atoms with Gasteiger partial charge in [-0.3, -0.25) is 14.8 Å². The monoisotopic (exact) mass is 312 g/mol. The van der Waals surface area contributed by atoms with Crippen LogP contribution < -0.4 is 10.0 Å². The van der Waals surface area contributed by atoms with Crippen molar-refractivity contribution in [2.75, 3.05) is 17.1 Å². The van der Waals surface area contributed by atoms with E-state index in [1.54, 1.807) is 6.92 Å². The third kappa shape index (κ3) is 2.94. The Morgan fingerprint density at radius 2 is 2.10 bits per heavy atom. The van der Waals surface area contributed by atoms with Gasteiger partial charge in [0.25, 0.3) is 10.0 Å². The summed E-state index contributed by atoms with van der Waals surface area (Å²) in [6.45, 7) is 1.59. The number of nitro groups is 1. The van der Waals surface area contributed by atoms with Gasteiger partial charge >= 0.3 is 5.69 Å². The molecule has 2 rings (SSSR count). The van der Waals surface area contributed by atoms with Gasteiger partial charge in [0, 0.05) is 13.1 Å². The van der Waals surface area contributed by atoms with Crippen LogP contribution in [-0.4, -0.2) is 25.5 Å². The molecule has 2 aromatic rings. The lowest BCUT2D eigenvalue weighted by Gasteiger charge is -2.08. The highest BCUT2D eigenvalue weighted by atomic mass is 32.2. The summed E-state index contributed by atoms with van der Waals surface area (Å²) in [5.74, 6) is 0.364. The van der Waals surface area contributed by atoms with Gasteiger partial charge in [0.2, 0.25) is 0 Å². The maximum absolute atomic E-state index is 12.3. The van der Waals surface area contributed by atoms with Crippen LogP contribution in [0.2, 0.25) is 0 Å². The lowest BCUT2D eigenvalue weighted by Crippen LogP contribution is -2.15. The van der Waals surface area contributed by atoms with E-state index in [0.29, 0.717) is 5.76 Å². The number of benzene rings is 1. The lowest BCUT2D eigenvalue weighted by molar-refractivity contribution is -0.386. The molecule has 10 heteroatoms. The summed E-state index contributed by atoms with van der Waals surface area (Å²) in [5.41, 5.74) is -0.438. The number of sulfonamides is 1. The Morgan fingerprint density at radius 3 is 2.62 bits per heavy atom. The summed E-state index contributed by atoms with van der Waals surface area (Å²) in [4.78, 5) is 9.93. The number of aromatic nitrogens is 1. The van der Waals surface area contributed by atoms with Gasteiger partial charge in [-0.05, 0) is 19.1 Å². The second-order valence-electron chi connectivity index (χ2n) is 4.09. The summed E-state index contributed by atoms with van der Waals surface area (Å²) >= 11 is 0. The zero-order valence-electron chi connectivity index (χ0n) is 11.2. The minimum atomic E-state index is -4.16. The third-order valence-corrected chi connectivity index (χ3v) is 3.99. The van der Waals surface area contributed by atoms with Gasteiger partial charge in [0.1, 0.15) is 11.4 Å². The van der Waals surface area contributed by atoms with Crippen molar-refractivity contribution in [2.24, 2.45) is 0 Å². The fraction of sp³-hybridized carbons (Fsp3) is 0.182. The van der Waals surface area contributed by atoms with Crippen LogP contribution in [0.4, 0.5) is 17.2 Å². The topological polar surface area (TPSA) is 127 Å². The highest BCUT2D eigenvalue weighted by molar-refractivity contribution is 7.92. The number of rotatable bonds is 5. The molecule has 112 valence electrons. The van der Waals surface area contributed by atoms with Crippen LogP contribution in [0.3, 0.4) is 0 Å². The van der Waals surface area contributed by atoms with Crippen molar-refractivity contribution >= 4 is 27.2 Å². The van der Waals surface area contributed by atoms with Crippen LogP contribution in [0, 0.1) is 17.0 Å². The van der Waals surface area contributed by atoms with Gasteiger partial charge < -0.3 is 9.84 Å². The van der Waals surface area contributed by atoms with E-state index in [9.17, 15) is 18.5 Å². The van der Waals surface area contributed by atoms with Crippen molar-refractivity contribution in [3.8, 4) is 0 Å². The smallest absolute Gasteiger partial charge is 0.312 e. The number of anilines is 2. The van der Waals surface area contributed by atoms with E-state index < -0.39 is 25.5 Å². The molecule has 0 aliphatic carbocycles. The number of nitrogens with one attached hydrogen (secondary N) is 2. The molecule has 0 bridgehead atoms. The molecule has 1 heterocycles. The zero-order valence-corrected chi connectivity index (χ0v) is 12.0. The van der Waals surface area contributed by atoms with Gasteiger partial charge in [-0.1, -0.05) is 11.2 Å². The van der Waals surface area contributed by atoms with Crippen molar-refractivity contribution in [3.05, 3.63) is 40.1 Å². The summed E-state index contributed by atoms with van der Waals surface area (Å²) < 4.78 is 31.4. The maximum atomic E-state index is 12.3. The van der Waals surface area contributed by atoms with Crippen LogP contribution in [0.25, 0.3) is 0 Å². The minimum absolute atomic E-state index is 0.0448. The lowest BCUT2D eigenvalue weighted by atomic mass is 10.3. The number of nitrogens with zero attached hydrogens (tertiary/aromatic N) is 2. The number of hydrogen-bond acceptors (Lipinski definition) is 7. The average molecular weight is 312 g/mol. The van der Waals surface area contributed by atoms with Gasteiger partial charge in [0.15, 0.2) is 10.7 Å². The van der Waals surface area contributed by atoms with Gasteiger partial charge in [0.05, 0.1) is 4.92 Å². The molecule has 0 saturated carbocycles. The Kier molecular flexibility index (Phi) is 3.80. The van der Waals surface area contributed by atoms with E-state index in [1.165, 1.54) is 25.2 Å². The van der Waals surface area contributed by atoms with Crippen molar-refractivity contribution in [3.63, 3.8) is 0 Å². The molecular formula is C11H12N4O5S. The summed E-state index contributed by atoms with van der Waals surface area (Å²) in [6.07, 6.45) is 0. The molecule has 1 aromatic carbocycles. The van der Waals surface area contributed by atoms with E-state index in [-0.39, 0.29) is 11.5 Å². The Labute approximate surface area is 120 Å². The molecule has 1 aromatic heterocycles. The molecule has 0 saturated heterocycles. The zero-order chi connectivity index (χ0) is 15.6. The first-order chi connectivity index (χ1) is 9.85. The number of nitro benzene ring substituents is 1. The maximum Gasteiger partial charge on any atom is 0.312 e. The van der Waals surface area contributed by atoms with Crippen LogP contribution in [0.5, 0.6) is 0 Å². The fourth-order valence-corrected chi connectivity index (χ4v) is 2.91. The Morgan fingerprint density at radius 1 is 1.38 bits per heavy atom. The van der Waals surface area contributed by atoms with E-state index in [4.69, 9.17) is 4.52 Å². The second kappa shape index (κ2) is 5.40. The summed E-state index contributed by atoms with van der Waals surface area (Å²) in [5, 5.41) is 17.2. The third-order valence-electron chi connectivity index (χ3n) is 2.61. The second-order valence-corrected chi connectivity index (χ2v) is 5.74. The van der Waals surface area contributed by atoms with Crippen molar-refractivity contribution in [1.82, 2.24) is 5.16 Å². The molecule has 0 amide bonds. The first-order valence-electron chi connectivity index (χ1n) is 5.76. The van der Waals surface area contributed by atoms with Crippen LogP contribution in [0.15, 0.2) is 33.7 Å². The van der Waals surface area contributed by atoms with Crippen molar-refractivity contribution in [1.29, 1.82) is 0 Å². The summed E-state index contributed by atoms with van der Waals surface area (Å²) in [7, 11) is -2.70. The molecular weight excluding hydrogens is 300 g/mol. The Balaban J connectivity index is 2.52. The summed E-state index contributed by atoms with van der Waals surface area (Å²) in [6, 6.07) is 5.33. The first-order valence-corrected chi connectivity index (χ1v) is 7.25. The largest absolute Gasteiger partial charge is 0.383 e. The van der Waals surface area contributed by atoms with Crippen molar-refractivity contribution in [2.45, 2.75) is 11.8 Å². The van der Waals surface area contributed by atoms with Crippen molar-refractivity contribution < 1.29 is 17.9 Å². The van der Waals surface area contributed by atoms with Crippen LogP contribution in [0.1, 0.15) is 5.76 Å². The average Bonchev–Trinajstić information content (AvgIpc) is 2.82. The van der Waals surface area contributed by atoms with E-state index >= 15 is 0 Å². The highest BCUT2D eigenvalue weighted by Crippen LogP contribution is 2.32. The molecule has 0 spiro atoms. The standard InChI is InChI=1S/C11H12N4O5S/c1-7-6-10(13-20-7)14-21(18,19)9-5-3-4-8(12-2)11(9)15(16)17/h3-6,12H,1-2H3,(H,13,14). The first kappa shape index (κ1) is 14.8. The minimum Gasteiger partial charge on any atom is -0.383 e. The normalized spacial score (nSPS) is 11.1. The SMILES string of the molecule is CNc1cccc(S(=O)(=O)Nc2cc(C)on2)c1[N+](=O)[O-]. The predicted molar refractivity (Wildman–Crippen MR) is 74.7 cm³/mol. The molecule has 21 heavy (non-hydrogen) atoms. The molecule has 0 aliphatic heterocycles. The van der Waals surface area contributed by atoms with Crippen LogP contribution in [-0.2, 0) is 10.0 Å². The van der Waals surface area contributed by atoms with Gasteiger partial charge in [-0.15, -0.1) is 0 Å². The molecule has 0 aliphatic rings. The van der Waals surface area contributed by atoms with Crippen LogP contribution >= 0.6 is 0 Å². The molecule has 0 fully saturated rings. The molecule has 0 unspecified atom stereocenters. The highest BCUT2D eigenvalue weighted by Gasteiger charge is 2.29. The molecule has 9 nitrogen and oxygen atoms in total. The van der Waals surface area contributed by atoms with E-state index in [2.05, 4.69) is 15.2 Å². The number of aryl methyl sites for hydroxylation is 1. The van der Waals surface area contributed by atoms with Gasteiger partial charge in [-0.25, -0.2) is 8.42 Å². The van der Waals surface area contributed by atoms with E-state index in [1.807, 2.05) is 0 Å². The molecule has 0 atom stereocenters. The van der Waals surface area contributed by atoms with E-state index in [0.717, 1.165) is 6.07 Å². The number of para-hydroxylation sites is 1. The molecule has 0 radical (unpaired) electrons. The Bertz CT molecular complexity index is 784.